The second-order valence-electron chi connectivity index (χ2n) is 10.7. The molecule has 7 aromatic rings. The van der Waals surface area contributed by atoms with Gasteiger partial charge >= 0.3 is 5.97 Å². The number of rotatable bonds is 6. The van der Waals surface area contributed by atoms with Gasteiger partial charge in [0, 0.05) is 62.9 Å². The van der Waals surface area contributed by atoms with Crippen molar-refractivity contribution in [2.24, 2.45) is 5.16 Å². The fraction of sp³-hybridized carbons (Fsp3) is 0.108. The van der Waals surface area contributed by atoms with Gasteiger partial charge in [-0.1, -0.05) is 47.6 Å². The van der Waals surface area contributed by atoms with Crippen molar-refractivity contribution in [3.05, 3.63) is 126 Å². The molecule has 2 heterocycles. The van der Waals surface area contributed by atoms with Crippen LogP contribution >= 0.6 is 0 Å². The van der Waals surface area contributed by atoms with Gasteiger partial charge in [0.1, 0.15) is 0 Å². The molecule has 0 aliphatic heterocycles. The number of carbonyl (C=O) groups is 2. The van der Waals surface area contributed by atoms with E-state index in [4.69, 9.17) is 4.84 Å². The van der Waals surface area contributed by atoms with Gasteiger partial charge in [-0.05, 0) is 86.1 Å². The fourth-order valence-corrected chi connectivity index (χ4v) is 6.13. The van der Waals surface area contributed by atoms with Gasteiger partial charge in [-0.25, -0.2) is 4.79 Å². The molecule has 210 valence electrons. The molecule has 0 saturated carbocycles. The number of fused-ring (bicyclic) bond motifs is 6. The Balaban J connectivity index is 1.27. The third kappa shape index (κ3) is 4.39. The predicted octanol–water partition coefficient (Wildman–Crippen LogP) is 8.43. The van der Waals surface area contributed by atoms with Crippen molar-refractivity contribution >= 4 is 61.1 Å². The number of aryl methyl sites for hydroxylation is 1. The molecule has 5 aromatic carbocycles. The molecule has 0 unspecified atom stereocenters. The predicted molar refractivity (Wildman–Crippen MR) is 173 cm³/mol. The van der Waals surface area contributed by atoms with Crippen LogP contribution in [-0.2, 0) is 16.2 Å². The highest BCUT2D eigenvalue weighted by atomic mass is 16.7. The molecule has 0 bridgehead atoms. The first kappa shape index (κ1) is 26.4. The molecule has 0 aliphatic rings. The van der Waals surface area contributed by atoms with Crippen LogP contribution in [0, 0.1) is 0 Å². The summed E-state index contributed by atoms with van der Waals surface area (Å²) in [5.74, 6) is -0.459. The highest BCUT2D eigenvalue weighted by molar-refractivity contribution is 6.15. The molecule has 43 heavy (non-hydrogen) atoms. The van der Waals surface area contributed by atoms with E-state index in [-0.39, 0.29) is 5.78 Å². The van der Waals surface area contributed by atoms with Crippen LogP contribution in [0.1, 0.15) is 42.3 Å². The van der Waals surface area contributed by atoms with Gasteiger partial charge in [-0.2, -0.15) is 0 Å². The number of nitrogens with zero attached hydrogens (tertiary/aromatic N) is 3. The molecule has 0 N–H and O–H groups in total. The summed E-state index contributed by atoms with van der Waals surface area (Å²) < 4.78 is 4.49. The van der Waals surface area contributed by atoms with Gasteiger partial charge < -0.3 is 14.0 Å². The second-order valence-corrected chi connectivity index (χ2v) is 10.7. The second kappa shape index (κ2) is 10.4. The smallest absolute Gasteiger partial charge is 0.331 e. The number of ketones is 1. The highest BCUT2D eigenvalue weighted by Crippen LogP contribution is 2.34. The first-order valence-corrected chi connectivity index (χ1v) is 14.4. The Labute approximate surface area is 248 Å². The number of hydrogen-bond donors (Lipinski definition) is 0. The van der Waals surface area contributed by atoms with Crippen LogP contribution in [-0.4, -0.2) is 26.6 Å². The van der Waals surface area contributed by atoms with Crippen molar-refractivity contribution in [2.75, 3.05) is 0 Å². The minimum absolute atomic E-state index is 0.00353. The number of oxime groups is 1. The highest BCUT2D eigenvalue weighted by Gasteiger charge is 2.17. The minimum atomic E-state index is -0.455. The van der Waals surface area contributed by atoms with E-state index in [1.807, 2.05) is 67.6 Å². The number of benzene rings is 5. The zero-order valence-corrected chi connectivity index (χ0v) is 24.2. The molecule has 6 heteroatoms. The molecule has 6 nitrogen and oxygen atoms in total. The Hall–Kier alpha value is -5.49. The summed E-state index contributed by atoms with van der Waals surface area (Å²) in [5.41, 5.74) is 8.17. The molecule has 0 atom stereocenters. The van der Waals surface area contributed by atoms with Crippen LogP contribution in [0.25, 0.3) is 49.3 Å². The van der Waals surface area contributed by atoms with Crippen molar-refractivity contribution in [3.63, 3.8) is 0 Å². The summed E-state index contributed by atoms with van der Waals surface area (Å²) in [7, 11) is 0. The van der Waals surface area contributed by atoms with Crippen molar-refractivity contribution < 1.29 is 14.4 Å². The van der Waals surface area contributed by atoms with E-state index in [9.17, 15) is 9.59 Å². The van der Waals surface area contributed by atoms with E-state index >= 15 is 0 Å². The number of carbonyl (C=O) groups excluding carboxylic acids is 2. The third-order valence-electron chi connectivity index (χ3n) is 8.14. The summed E-state index contributed by atoms with van der Waals surface area (Å²) in [4.78, 5) is 29.8. The Bertz CT molecular complexity index is 2250. The molecule has 0 radical (unpaired) electrons. The van der Waals surface area contributed by atoms with Crippen LogP contribution in [0.5, 0.6) is 0 Å². The van der Waals surface area contributed by atoms with E-state index in [0.717, 1.165) is 55.9 Å². The number of aromatic nitrogens is 2. The summed E-state index contributed by atoms with van der Waals surface area (Å²) in [6.45, 7) is 6.16. The monoisotopic (exact) mass is 563 g/mol. The van der Waals surface area contributed by atoms with E-state index in [1.54, 1.807) is 0 Å². The lowest BCUT2D eigenvalue weighted by Crippen LogP contribution is -2.02. The first-order valence-electron chi connectivity index (χ1n) is 14.4. The first-order chi connectivity index (χ1) is 20.9. The largest absolute Gasteiger partial charge is 0.341 e. The van der Waals surface area contributed by atoms with Gasteiger partial charge in [-0.15, -0.1) is 0 Å². The van der Waals surface area contributed by atoms with Gasteiger partial charge in [0.15, 0.2) is 5.78 Å². The maximum atomic E-state index is 13.7. The lowest BCUT2D eigenvalue weighted by molar-refractivity contribution is -0.140. The van der Waals surface area contributed by atoms with Crippen LogP contribution in [0.4, 0.5) is 0 Å². The SMILES string of the molecule is CCn1c2ccccc2c2cc(C(=O)c3ccc(-n4c5ccccc5c5cc(/C(C)=N\OC(C)=O)ccc54)cc3)ccc21. The maximum absolute atomic E-state index is 13.7. The summed E-state index contributed by atoms with van der Waals surface area (Å²) in [6.07, 6.45) is 0. The minimum Gasteiger partial charge on any atom is -0.341 e. The maximum Gasteiger partial charge on any atom is 0.331 e. The zero-order valence-electron chi connectivity index (χ0n) is 24.2. The average Bonchev–Trinajstić information content (AvgIpc) is 3.55. The third-order valence-corrected chi connectivity index (χ3v) is 8.14. The summed E-state index contributed by atoms with van der Waals surface area (Å²) >= 11 is 0. The lowest BCUT2D eigenvalue weighted by atomic mass is 10.0. The van der Waals surface area contributed by atoms with Crippen LogP contribution < -0.4 is 0 Å². The topological polar surface area (TPSA) is 65.6 Å². The average molecular weight is 564 g/mol. The molecule has 0 saturated heterocycles. The Morgan fingerprint density at radius 3 is 1.88 bits per heavy atom. The van der Waals surface area contributed by atoms with Crippen molar-refractivity contribution in [1.82, 2.24) is 9.13 Å². The molecule has 0 spiro atoms. The zero-order chi connectivity index (χ0) is 29.7. The molecule has 2 aromatic heterocycles. The standard InChI is InChI=1S/C37H29N3O3/c1-4-39-33-11-7-5-9-29(33)31-22-27(16-19-34(31)39)37(42)25-13-17-28(18-14-25)40-35-12-8-6-10-30(35)32-21-26(15-20-36(32)40)23(2)38-43-24(3)41/h5-22H,4H2,1-3H3/b38-23-. The van der Waals surface area contributed by atoms with Crippen molar-refractivity contribution in [2.45, 2.75) is 27.3 Å². The quantitative estimate of drug-likeness (QED) is 0.0883. The lowest BCUT2D eigenvalue weighted by Gasteiger charge is -2.10. The normalized spacial score (nSPS) is 12.0. The van der Waals surface area contributed by atoms with Gasteiger partial charge in [0.25, 0.3) is 0 Å². The number of para-hydroxylation sites is 2. The molecular formula is C37H29N3O3. The molecule has 0 aliphatic carbocycles. The molecule has 0 amide bonds. The van der Waals surface area contributed by atoms with Gasteiger partial charge in [0.05, 0.1) is 16.7 Å². The molecular weight excluding hydrogens is 534 g/mol. The summed E-state index contributed by atoms with van der Waals surface area (Å²) in [5, 5.41) is 8.37. The Morgan fingerprint density at radius 1 is 0.628 bits per heavy atom. The Morgan fingerprint density at radius 2 is 1.16 bits per heavy atom. The van der Waals surface area contributed by atoms with Gasteiger partial charge in [-0.3, -0.25) is 4.79 Å². The van der Waals surface area contributed by atoms with Gasteiger partial charge in [0.2, 0.25) is 0 Å². The van der Waals surface area contributed by atoms with Crippen LogP contribution in [0.3, 0.4) is 0 Å². The number of hydrogen-bond acceptors (Lipinski definition) is 4. The van der Waals surface area contributed by atoms with E-state index in [2.05, 4.69) is 69.7 Å². The van der Waals surface area contributed by atoms with E-state index in [1.165, 1.54) is 12.4 Å². The fourth-order valence-electron chi connectivity index (χ4n) is 6.13. The Kier molecular flexibility index (Phi) is 6.39. The summed E-state index contributed by atoms with van der Waals surface area (Å²) in [6, 6.07) is 36.5. The van der Waals surface area contributed by atoms with E-state index < -0.39 is 5.97 Å². The molecule has 0 fully saturated rings. The van der Waals surface area contributed by atoms with Crippen molar-refractivity contribution in [1.29, 1.82) is 0 Å². The van der Waals surface area contributed by atoms with Crippen molar-refractivity contribution in [3.8, 4) is 5.69 Å². The molecule has 7 rings (SSSR count). The van der Waals surface area contributed by atoms with Crippen LogP contribution in [0.15, 0.2) is 114 Å². The van der Waals surface area contributed by atoms with Crippen LogP contribution in [0.2, 0.25) is 0 Å². The van der Waals surface area contributed by atoms with E-state index in [0.29, 0.717) is 16.8 Å².